The van der Waals surface area contributed by atoms with Crippen LogP contribution in [0.4, 0.5) is 5.69 Å². The molecule has 2 aromatic rings. The van der Waals surface area contributed by atoms with Crippen molar-refractivity contribution < 1.29 is 4.79 Å². The van der Waals surface area contributed by atoms with E-state index in [1.807, 2.05) is 42.5 Å². The number of anilines is 1. The molecule has 0 aliphatic carbocycles. The number of benzene rings is 2. The van der Waals surface area contributed by atoms with Crippen LogP contribution >= 0.6 is 11.8 Å². The van der Waals surface area contributed by atoms with Crippen molar-refractivity contribution in [3.8, 4) is 0 Å². The van der Waals surface area contributed by atoms with Gasteiger partial charge in [-0.1, -0.05) is 60.3 Å². The number of ketones is 1. The van der Waals surface area contributed by atoms with Gasteiger partial charge in [-0.3, -0.25) is 4.79 Å². The van der Waals surface area contributed by atoms with Gasteiger partial charge in [-0.2, -0.15) is 0 Å². The SMILES string of the molecule is CCN1C(=CC=CC(=O)c2ccccc2)Sc2ccccc21. The molecule has 0 fully saturated rings. The Hall–Kier alpha value is -2.26. The molecule has 0 radical (unpaired) electrons. The van der Waals surface area contributed by atoms with E-state index in [2.05, 4.69) is 36.1 Å². The fourth-order valence-corrected chi connectivity index (χ4v) is 3.56. The third kappa shape index (κ3) is 3.00. The molecule has 0 saturated carbocycles. The molecule has 0 saturated heterocycles. The molecule has 3 rings (SSSR count). The maximum atomic E-state index is 12.1. The fraction of sp³-hybridized carbons (Fsp3) is 0.105. The molecule has 0 amide bonds. The van der Waals surface area contributed by atoms with Crippen molar-refractivity contribution >= 4 is 23.2 Å². The average Bonchev–Trinajstić information content (AvgIpc) is 2.93. The highest BCUT2D eigenvalue weighted by Crippen LogP contribution is 2.45. The molecule has 2 aromatic carbocycles. The number of carbonyl (C=O) groups excluding carboxylic acids is 1. The van der Waals surface area contributed by atoms with Crippen molar-refractivity contribution in [1.29, 1.82) is 0 Å². The van der Waals surface area contributed by atoms with Gasteiger partial charge in [-0.05, 0) is 31.2 Å². The number of hydrogen-bond donors (Lipinski definition) is 0. The molecule has 22 heavy (non-hydrogen) atoms. The Balaban J connectivity index is 1.76. The van der Waals surface area contributed by atoms with E-state index in [0.717, 1.165) is 11.6 Å². The molecule has 3 heteroatoms. The normalized spacial score (nSPS) is 15.5. The second kappa shape index (κ2) is 6.67. The lowest BCUT2D eigenvalue weighted by Gasteiger charge is -2.17. The number of carbonyl (C=O) groups is 1. The molecular formula is C19H17NOS. The van der Waals surface area contributed by atoms with Crippen molar-refractivity contribution in [3.63, 3.8) is 0 Å². The van der Waals surface area contributed by atoms with E-state index < -0.39 is 0 Å². The van der Waals surface area contributed by atoms with Gasteiger partial charge in [0.1, 0.15) is 0 Å². The quantitative estimate of drug-likeness (QED) is 0.592. The summed E-state index contributed by atoms with van der Waals surface area (Å²) < 4.78 is 0. The number of nitrogens with zero attached hydrogens (tertiary/aromatic N) is 1. The van der Waals surface area contributed by atoms with Crippen LogP contribution in [0.25, 0.3) is 0 Å². The number of hydrogen-bond acceptors (Lipinski definition) is 3. The third-order valence-corrected chi connectivity index (χ3v) is 4.63. The Morgan fingerprint density at radius 2 is 1.82 bits per heavy atom. The molecule has 0 atom stereocenters. The molecule has 1 aliphatic rings. The van der Waals surface area contributed by atoms with Gasteiger partial charge in [0.05, 0.1) is 10.7 Å². The van der Waals surface area contributed by atoms with Gasteiger partial charge in [0, 0.05) is 17.0 Å². The van der Waals surface area contributed by atoms with Gasteiger partial charge in [0.25, 0.3) is 0 Å². The van der Waals surface area contributed by atoms with E-state index in [0.29, 0.717) is 5.56 Å². The van der Waals surface area contributed by atoms with Gasteiger partial charge in [-0.15, -0.1) is 0 Å². The predicted molar refractivity (Wildman–Crippen MR) is 93.3 cm³/mol. The van der Waals surface area contributed by atoms with Crippen molar-refractivity contribution in [2.75, 3.05) is 11.4 Å². The maximum absolute atomic E-state index is 12.1. The van der Waals surface area contributed by atoms with Gasteiger partial charge >= 0.3 is 0 Å². The second-order valence-corrected chi connectivity index (χ2v) is 5.97. The van der Waals surface area contributed by atoms with Crippen LogP contribution in [0.2, 0.25) is 0 Å². The van der Waals surface area contributed by atoms with Crippen LogP contribution in [0, 0.1) is 0 Å². The van der Waals surface area contributed by atoms with Crippen molar-refractivity contribution in [2.45, 2.75) is 11.8 Å². The average molecular weight is 307 g/mol. The highest BCUT2D eigenvalue weighted by molar-refractivity contribution is 8.03. The maximum Gasteiger partial charge on any atom is 0.185 e. The van der Waals surface area contributed by atoms with Crippen molar-refractivity contribution in [1.82, 2.24) is 0 Å². The third-order valence-electron chi connectivity index (χ3n) is 3.50. The molecule has 0 N–H and O–H groups in total. The van der Waals surface area contributed by atoms with Crippen LogP contribution < -0.4 is 4.90 Å². The van der Waals surface area contributed by atoms with Crippen LogP contribution in [0.5, 0.6) is 0 Å². The monoisotopic (exact) mass is 307 g/mol. The minimum Gasteiger partial charge on any atom is -0.335 e. The van der Waals surface area contributed by atoms with E-state index in [1.165, 1.54) is 10.6 Å². The molecule has 0 aromatic heterocycles. The van der Waals surface area contributed by atoms with Crippen molar-refractivity contribution in [2.24, 2.45) is 0 Å². The Labute approximate surface area is 135 Å². The number of allylic oxidation sites excluding steroid dienone is 3. The lowest BCUT2D eigenvalue weighted by molar-refractivity contribution is 0.104. The highest BCUT2D eigenvalue weighted by Gasteiger charge is 2.22. The summed E-state index contributed by atoms with van der Waals surface area (Å²) in [5.74, 6) is 0.0287. The number of fused-ring (bicyclic) bond motifs is 1. The van der Waals surface area contributed by atoms with Crippen LogP contribution in [0.1, 0.15) is 17.3 Å². The van der Waals surface area contributed by atoms with Gasteiger partial charge < -0.3 is 4.90 Å². The molecule has 1 heterocycles. The summed E-state index contributed by atoms with van der Waals surface area (Å²) >= 11 is 1.74. The van der Waals surface area contributed by atoms with E-state index in [9.17, 15) is 4.79 Å². The Bertz CT molecular complexity index is 734. The minimum atomic E-state index is 0.0287. The lowest BCUT2D eigenvalue weighted by Crippen LogP contribution is -2.16. The van der Waals surface area contributed by atoms with Gasteiger partial charge in [0.2, 0.25) is 0 Å². The topological polar surface area (TPSA) is 20.3 Å². The van der Waals surface area contributed by atoms with E-state index >= 15 is 0 Å². The zero-order valence-corrected chi connectivity index (χ0v) is 13.2. The summed E-state index contributed by atoms with van der Waals surface area (Å²) in [5, 5.41) is 1.15. The van der Waals surface area contributed by atoms with Crippen LogP contribution in [-0.4, -0.2) is 12.3 Å². The first-order chi connectivity index (χ1) is 10.8. The fourth-order valence-electron chi connectivity index (χ4n) is 2.42. The number of thioether (sulfide) groups is 1. The predicted octanol–water partition coefficient (Wildman–Crippen LogP) is 4.90. The molecule has 1 aliphatic heterocycles. The van der Waals surface area contributed by atoms with E-state index in [1.54, 1.807) is 17.8 Å². The molecule has 0 bridgehead atoms. The van der Waals surface area contributed by atoms with Crippen LogP contribution in [0.15, 0.2) is 82.7 Å². The zero-order valence-electron chi connectivity index (χ0n) is 12.4. The van der Waals surface area contributed by atoms with Gasteiger partial charge in [0.15, 0.2) is 5.78 Å². The summed E-state index contributed by atoms with van der Waals surface area (Å²) in [6.07, 6.45) is 5.47. The summed E-state index contributed by atoms with van der Waals surface area (Å²) in [7, 11) is 0. The molecule has 2 nitrogen and oxygen atoms in total. The van der Waals surface area contributed by atoms with Crippen molar-refractivity contribution in [3.05, 3.63) is 83.4 Å². The smallest absolute Gasteiger partial charge is 0.185 e. The second-order valence-electron chi connectivity index (χ2n) is 4.91. The van der Waals surface area contributed by atoms with Gasteiger partial charge in [-0.25, -0.2) is 0 Å². The Morgan fingerprint density at radius 3 is 2.59 bits per heavy atom. The number of para-hydroxylation sites is 1. The number of rotatable bonds is 4. The first-order valence-electron chi connectivity index (χ1n) is 7.31. The summed E-state index contributed by atoms with van der Waals surface area (Å²) in [6.45, 7) is 3.05. The highest BCUT2D eigenvalue weighted by atomic mass is 32.2. The first-order valence-corrected chi connectivity index (χ1v) is 8.13. The molecule has 0 unspecified atom stereocenters. The Morgan fingerprint density at radius 1 is 1.09 bits per heavy atom. The minimum absolute atomic E-state index is 0.0287. The summed E-state index contributed by atoms with van der Waals surface area (Å²) in [5.41, 5.74) is 1.95. The standard InChI is InChI=1S/C19H17NOS/c1-2-20-16-11-6-7-13-18(16)22-19(20)14-8-12-17(21)15-9-4-3-5-10-15/h3-14H,2H2,1H3. The molecule has 0 spiro atoms. The van der Waals surface area contributed by atoms with E-state index in [-0.39, 0.29) is 5.78 Å². The lowest BCUT2D eigenvalue weighted by atomic mass is 10.1. The van der Waals surface area contributed by atoms with E-state index in [4.69, 9.17) is 0 Å². The summed E-state index contributed by atoms with van der Waals surface area (Å²) in [4.78, 5) is 15.6. The molecule has 110 valence electrons. The van der Waals surface area contributed by atoms with Crippen LogP contribution in [-0.2, 0) is 0 Å². The summed E-state index contributed by atoms with van der Waals surface area (Å²) in [6, 6.07) is 17.7. The van der Waals surface area contributed by atoms with Crippen LogP contribution in [0.3, 0.4) is 0 Å². The molecular weight excluding hydrogens is 290 g/mol. The Kier molecular flexibility index (Phi) is 4.45. The first kappa shape index (κ1) is 14.7. The largest absolute Gasteiger partial charge is 0.335 e. The zero-order chi connectivity index (χ0) is 15.4.